The molecule has 2 aromatic carbocycles. The fourth-order valence-corrected chi connectivity index (χ4v) is 4.81. The lowest BCUT2D eigenvalue weighted by Crippen LogP contribution is -2.47. The maximum absolute atomic E-state index is 13.1. The van der Waals surface area contributed by atoms with Gasteiger partial charge in [-0.15, -0.1) is 0 Å². The van der Waals surface area contributed by atoms with Crippen molar-refractivity contribution >= 4 is 23.4 Å². The third kappa shape index (κ3) is 6.12. The van der Waals surface area contributed by atoms with Crippen molar-refractivity contribution in [1.29, 1.82) is 0 Å². The predicted octanol–water partition coefficient (Wildman–Crippen LogP) is 4.73. The van der Waals surface area contributed by atoms with Gasteiger partial charge < -0.3 is 10.2 Å². The molecule has 7 heteroatoms. The fourth-order valence-electron chi connectivity index (χ4n) is 4.63. The highest BCUT2D eigenvalue weighted by Gasteiger charge is 2.25. The van der Waals surface area contributed by atoms with E-state index >= 15 is 0 Å². The van der Waals surface area contributed by atoms with Gasteiger partial charge in [-0.3, -0.25) is 9.59 Å². The molecule has 0 saturated carbocycles. The number of hydrogen-bond donors (Lipinski definition) is 1. The van der Waals surface area contributed by atoms with Gasteiger partial charge >= 0.3 is 0 Å². The van der Waals surface area contributed by atoms with Crippen molar-refractivity contribution in [2.45, 2.75) is 58.9 Å². The summed E-state index contributed by atoms with van der Waals surface area (Å²) in [4.78, 5) is 27.4. The lowest BCUT2D eigenvalue weighted by atomic mass is 10.0. The zero-order valence-electron chi connectivity index (χ0n) is 20.7. The Hall–Kier alpha value is -3.12. The summed E-state index contributed by atoms with van der Waals surface area (Å²) in [6, 6.07) is 16.0. The monoisotopic (exact) mass is 492 g/mol. The van der Waals surface area contributed by atoms with Crippen molar-refractivity contribution < 1.29 is 9.59 Å². The van der Waals surface area contributed by atoms with E-state index in [9.17, 15) is 9.59 Å². The number of carbonyl (C=O) groups is 2. The van der Waals surface area contributed by atoms with E-state index in [1.165, 1.54) is 5.56 Å². The minimum atomic E-state index is 0.0773. The molecular formula is C28H33ClN4O2. The molecule has 2 heterocycles. The summed E-state index contributed by atoms with van der Waals surface area (Å²) in [5, 5.41) is 8.52. The molecule has 0 radical (unpaired) electrons. The van der Waals surface area contributed by atoms with Crippen LogP contribution in [0.2, 0.25) is 5.02 Å². The number of nitrogens with one attached hydrogen (secondary N) is 1. The van der Waals surface area contributed by atoms with Crippen molar-refractivity contribution in [1.82, 2.24) is 20.0 Å². The van der Waals surface area contributed by atoms with Crippen molar-refractivity contribution in [3.8, 4) is 5.69 Å². The molecule has 184 valence electrons. The third-order valence-electron chi connectivity index (χ3n) is 6.87. The second-order valence-electron chi connectivity index (χ2n) is 9.38. The van der Waals surface area contributed by atoms with Crippen LogP contribution in [0, 0.1) is 20.8 Å². The molecule has 0 aliphatic carbocycles. The van der Waals surface area contributed by atoms with Gasteiger partial charge in [0.1, 0.15) is 0 Å². The number of halogens is 1. The summed E-state index contributed by atoms with van der Waals surface area (Å²) in [7, 11) is 0. The van der Waals surface area contributed by atoms with E-state index < -0.39 is 0 Å². The first-order valence-electron chi connectivity index (χ1n) is 12.2. The summed E-state index contributed by atoms with van der Waals surface area (Å²) in [6.45, 7) is 7.22. The van der Waals surface area contributed by atoms with Gasteiger partial charge in [0.15, 0.2) is 0 Å². The molecule has 0 atom stereocenters. The fraction of sp³-hybridized carbons (Fsp3) is 0.393. The van der Waals surface area contributed by atoms with Gasteiger partial charge in [0.25, 0.3) is 0 Å². The standard InChI is InChI=1S/C28H33ClN4O2/c1-19-9-11-24(17-26(19)29)33-21(3)25(20(2)31-33)18-28(35)32-15-13-23(14-16-32)30-27(34)12-10-22-7-5-4-6-8-22/h4-9,11,17,23H,10,12-16,18H2,1-3H3,(H,30,34). The molecule has 4 rings (SSSR count). The molecule has 0 bridgehead atoms. The van der Waals surface area contributed by atoms with Crippen molar-refractivity contribution in [2.24, 2.45) is 0 Å². The van der Waals surface area contributed by atoms with Crippen LogP contribution in [-0.2, 0) is 22.4 Å². The van der Waals surface area contributed by atoms with Gasteiger partial charge in [0.05, 0.1) is 17.8 Å². The maximum atomic E-state index is 13.1. The third-order valence-corrected chi connectivity index (χ3v) is 7.27. The normalized spacial score (nSPS) is 14.2. The van der Waals surface area contributed by atoms with Crippen molar-refractivity contribution in [2.75, 3.05) is 13.1 Å². The van der Waals surface area contributed by atoms with Gasteiger partial charge in [0, 0.05) is 41.8 Å². The first-order valence-corrected chi connectivity index (χ1v) is 12.6. The summed E-state index contributed by atoms with van der Waals surface area (Å²) in [5.74, 6) is 0.181. The van der Waals surface area contributed by atoms with Crippen LogP contribution < -0.4 is 5.32 Å². The van der Waals surface area contributed by atoms with Crippen LogP contribution in [-0.4, -0.2) is 45.6 Å². The summed E-state index contributed by atoms with van der Waals surface area (Å²) in [6.07, 6.45) is 3.11. The van der Waals surface area contributed by atoms with Crippen molar-refractivity contribution in [3.63, 3.8) is 0 Å². The highest BCUT2D eigenvalue weighted by molar-refractivity contribution is 6.31. The Labute approximate surface area is 212 Å². The number of rotatable bonds is 7. The minimum absolute atomic E-state index is 0.0773. The van der Waals surface area contributed by atoms with E-state index in [2.05, 4.69) is 10.4 Å². The Bertz CT molecular complexity index is 1200. The molecule has 0 unspecified atom stereocenters. The molecule has 1 aliphatic heterocycles. The quantitative estimate of drug-likeness (QED) is 0.518. The van der Waals surface area contributed by atoms with Gasteiger partial charge in [0.2, 0.25) is 11.8 Å². The summed E-state index contributed by atoms with van der Waals surface area (Å²) < 4.78 is 1.86. The van der Waals surface area contributed by atoms with E-state index in [4.69, 9.17) is 11.6 Å². The van der Waals surface area contributed by atoms with E-state index in [1.807, 2.05) is 78.9 Å². The smallest absolute Gasteiger partial charge is 0.227 e. The van der Waals surface area contributed by atoms with Crippen LogP contribution in [0.15, 0.2) is 48.5 Å². The van der Waals surface area contributed by atoms with Gasteiger partial charge in [-0.05, 0) is 63.3 Å². The number of aryl methyl sites for hydroxylation is 3. The average molecular weight is 493 g/mol. The number of aromatic nitrogens is 2. The molecular weight excluding hydrogens is 460 g/mol. The van der Waals surface area contributed by atoms with Crippen molar-refractivity contribution in [3.05, 3.63) is 81.6 Å². The topological polar surface area (TPSA) is 67.2 Å². The van der Waals surface area contributed by atoms with E-state index in [-0.39, 0.29) is 17.9 Å². The molecule has 1 aliphatic rings. The number of nitrogens with zero attached hydrogens (tertiary/aromatic N) is 3. The van der Waals surface area contributed by atoms with Crippen LogP contribution in [0.3, 0.4) is 0 Å². The van der Waals surface area contributed by atoms with E-state index in [0.29, 0.717) is 31.0 Å². The molecule has 1 N–H and O–H groups in total. The van der Waals surface area contributed by atoms with Crippen LogP contribution in [0.5, 0.6) is 0 Å². The van der Waals surface area contributed by atoms with E-state index in [0.717, 1.165) is 47.5 Å². The molecule has 1 saturated heterocycles. The zero-order valence-corrected chi connectivity index (χ0v) is 21.4. The van der Waals surface area contributed by atoms with Crippen LogP contribution in [0.25, 0.3) is 5.69 Å². The molecule has 1 fully saturated rings. The first kappa shape index (κ1) is 25.0. The number of hydrogen-bond acceptors (Lipinski definition) is 3. The predicted molar refractivity (Wildman–Crippen MR) is 139 cm³/mol. The molecule has 6 nitrogen and oxygen atoms in total. The molecule has 2 amide bonds. The summed E-state index contributed by atoms with van der Waals surface area (Å²) >= 11 is 6.31. The zero-order chi connectivity index (χ0) is 24.9. The first-order chi connectivity index (χ1) is 16.8. The number of amides is 2. The van der Waals surface area contributed by atoms with Gasteiger partial charge in [-0.25, -0.2) is 4.68 Å². The number of piperidine rings is 1. The minimum Gasteiger partial charge on any atom is -0.353 e. The molecule has 0 spiro atoms. The lowest BCUT2D eigenvalue weighted by molar-refractivity contribution is -0.131. The molecule has 1 aromatic heterocycles. The Morgan fingerprint density at radius 2 is 1.77 bits per heavy atom. The Morgan fingerprint density at radius 3 is 2.46 bits per heavy atom. The summed E-state index contributed by atoms with van der Waals surface area (Å²) in [5.41, 5.74) is 5.85. The molecule has 3 aromatic rings. The Morgan fingerprint density at radius 1 is 1.06 bits per heavy atom. The van der Waals surface area contributed by atoms with Crippen LogP contribution >= 0.6 is 11.6 Å². The largest absolute Gasteiger partial charge is 0.353 e. The highest BCUT2D eigenvalue weighted by Crippen LogP contribution is 2.24. The van der Waals surface area contributed by atoms with Crippen LogP contribution in [0.4, 0.5) is 0 Å². The number of likely N-dealkylation sites (tertiary alicyclic amines) is 1. The Balaban J connectivity index is 1.29. The second-order valence-corrected chi connectivity index (χ2v) is 9.79. The molecule has 35 heavy (non-hydrogen) atoms. The average Bonchev–Trinajstić information content (AvgIpc) is 3.14. The second kappa shape index (κ2) is 11.1. The van der Waals surface area contributed by atoms with Crippen LogP contribution in [0.1, 0.15) is 47.3 Å². The number of benzene rings is 2. The lowest BCUT2D eigenvalue weighted by Gasteiger charge is -2.32. The Kier molecular flexibility index (Phi) is 7.91. The van der Waals surface area contributed by atoms with E-state index in [1.54, 1.807) is 0 Å². The van der Waals surface area contributed by atoms with Gasteiger partial charge in [-0.2, -0.15) is 5.10 Å². The van der Waals surface area contributed by atoms with Gasteiger partial charge in [-0.1, -0.05) is 48.0 Å². The maximum Gasteiger partial charge on any atom is 0.227 e. The number of carbonyl (C=O) groups excluding carboxylic acids is 2. The highest BCUT2D eigenvalue weighted by atomic mass is 35.5. The SMILES string of the molecule is Cc1ccc(-n2nc(C)c(CC(=O)N3CCC(NC(=O)CCc4ccccc4)CC3)c2C)cc1Cl.